The van der Waals surface area contributed by atoms with E-state index in [2.05, 4.69) is 17.3 Å². The lowest BCUT2D eigenvalue weighted by atomic mass is 9.74. The molecule has 2 nitrogen and oxygen atoms in total. The molecule has 0 amide bonds. The zero-order valence-electron chi connectivity index (χ0n) is 12.8. The highest BCUT2D eigenvalue weighted by molar-refractivity contribution is 4.92. The minimum absolute atomic E-state index is 0.607. The number of nitrogens with one attached hydrogen (secondary N) is 1. The number of fused-ring (bicyclic) bond motifs is 1. The van der Waals surface area contributed by atoms with Crippen molar-refractivity contribution in [2.45, 2.75) is 57.8 Å². The van der Waals surface area contributed by atoms with Crippen LogP contribution in [0.4, 0.5) is 0 Å². The van der Waals surface area contributed by atoms with Crippen LogP contribution in [0.3, 0.4) is 0 Å². The Morgan fingerprint density at radius 1 is 1.00 bits per heavy atom. The van der Waals surface area contributed by atoms with Gasteiger partial charge in [-0.25, -0.2) is 0 Å². The van der Waals surface area contributed by atoms with Gasteiger partial charge in [-0.05, 0) is 56.5 Å². The maximum atomic E-state index is 3.47. The van der Waals surface area contributed by atoms with E-state index in [-0.39, 0.29) is 0 Å². The van der Waals surface area contributed by atoms with Crippen molar-refractivity contribution in [3.63, 3.8) is 0 Å². The van der Waals surface area contributed by atoms with Crippen molar-refractivity contribution < 1.29 is 0 Å². The van der Waals surface area contributed by atoms with E-state index in [4.69, 9.17) is 0 Å². The monoisotopic (exact) mass is 264 g/mol. The summed E-state index contributed by atoms with van der Waals surface area (Å²) >= 11 is 0. The van der Waals surface area contributed by atoms with E-state index in [1.54, 1.807) is 0 Å². The first-order valence-corrected chi connectivity index (χ1v) is 8.68. The quantitative estimate of drug-likeness (QED) is 0.838. The predicted octanol–water partition coefficient (Wildman–Crippen LogP) is 3.28. The molecule has 0 radical (unpaired) electrons. The lowest BCUT2D eigenvalue weighted by molar-refractivity contribution is 0.0529. The molecule has 0 aromatic carbocycles. The molecule has 2 saturated carbocycles. The van der Waals surface area contributed by atoms with Gasteiger partial charge in [-0.15, -0.1) is 0 Å². The lowest BCUT2D eigenvalue weighted by Gasteiger charge is -2.44. The number of piperidine rings is 1. The Labute approximate surface area is 119 Å². The average molecular weight is 264 g/mol. The summed E-state index contributed by atoms with van der Waals surface area (Å²) in [6, 6.07) is 0. The van der Waals surface area contributed by atoms with E-state index >= 15 is 0 Å². The van der Waals surface area contributed by atoms with Gasteiger partial charge in [0.15, 0.2) is 0 Å². The molecular weight excluding hydrogens is 232 g/mol. The molecule has 3 rings (SSSR count). The van der Waals surface area contributed by atoms with Crippen LogP contribution in [0.25, 0.3) is 0 Å². The van der Waals surface area contributed by atoms with Gasteiger partial charge in [0, 0.05) is 19.6 Å². The second kappa shape index (κ2) is 6.13. The summed E-state index contributed by atoms with van der Waals surface area (Å²) in [4.78, 5) is 2.83. The molecule has 0 aromatic rings. The van der Waals surface area contributed by atoms with Crippen LogP contribution in [-0.2, 0) is 0 Å². The molecule has 0 bridgehead atoms. The fourth-order valence-corrected chi connectivity index (χ4v) is 5.18. The summed E-state index contributed by atoms with van der Waals surface area (Å²) in [5.74, 6) is 2.12. The molecule has 1 saturated heterocycles. The van der Waals surface area contributed by atoms with Gasteiger partial charge in [-0.1, -0.05) is 32.1 Å². The molecule has 110 valence electrons. The first-order chi connectivity index (χ1) is 9.31. The average Bonchev–Trinajstić information content (AvgIpc) is 2.87. The van der Waals surface area contributed by atoms with Gasteiger partial charge < -0.3 is 10.2 Å². The first kappa shape index (κ1) is 13.9. The minimum Gasteiger partial charge on any atom is -0.319 e. The van der Waals surface area contributed by atoms with Crippen molar-refractivity contribution in [2.24, 2.45) is 17.3 Å². The molecule has 3 aliphatic rings. The van der Waals surface area contributed by atoms with Crippen LogP contribution in [0.2, 0.25) is 0 Å². The Bertz CT molecular complexity index is 283. The predicted molar refractivity (Wildman–Crippen MR) is 81.3 cm³/mol. The number of nitrogens with zero attached hydrogens (tertiary/aromatic N) is 1. The highest BCUT2D eigenvalue weighted by Crippen LogP contribution is 2.41. The summed E-state index contributed by atoms with van der Waals surface area (Å²) in [6.07, 6.45) is 13.4. The van der Waals surface area contributed by atoms with Gasteiger partial charge in [0.1, 0.15) is 0 Å². The third-order valence-electron chi connectivity index (χ3n) is 6.15. The van der Waals surface area contributed by atoms with Crippen LogP contribution in [-0.4, -0.2) is 38.1 Å². The van der Waals surface area contributed by atoms with E-state index in [1.807, 2.05) is 0 Å². The second-order valence-corrected chi connectivity index (χ2v) is 7.57. The van der Waals surface area contributed by atoms with Gasteiger partial charge in [0.2, 0.25) is 0 Å². The fraction of sp³-hybridized carbons (Fsp3) is 1.00. The van der Waals surface area contributed by atoms with E-state index in [0.717, 1.165) is 11.8 Å². The van der Waals surface area contributed by atoms with Crippen LogP contribution in [0.1, 0.15) is 57.8 Å². The van der Waals surface area contributed by atoms with Gasteiger partial charge >= 0.3 is 0 Å². The van der Waals surface area contributed by atoms with Gasteiger partial charge in [-0.3, -0.25) is 0 Å². The summed E-state index contributed by atoms with van der Waals surface area (Å²) in [7, 11) is 2.13. The van der Waals surface area contributed by atoms with Gasteiger partial charge in [0.05, 0.1) is 0 Å². The van der Waals surface area contributed by atoms with Crippen molar-refractivity contribution in [1.29, 1.82) is 0 Å². The van der Waals surface area contributed by atoms with Crippen LogP contribution in [0, 0.1) is 17.3 Å². The molecule has 0 aromatic heterocycles. The Morgan fingerprint density at radius 2 is 1.74 bits per heavy atom. The first-order valence-electron chi connectivity index (χ1n) is 8.68. The standard InChI is InChI=1S/C17H32N2/c1-18-13-17(9-4-5-10-17)14-19-11-8-15-6-2-3-7-16(15)12-19/h15-16,18H,2-14H2,1H3. The zero-order valence-corrected chi connectivity index (χ0v) is 12.8. The zero-order chi connectivity index (χ0) is 13.1. The van der Waals surface area contributed by atoms with Crippen molar-refractivity contribution in [1.82, 2.24) is 10.2 Å². The summed E-state index contributed by atoms with van der Waals surface area (Å²) in [5.41, 5.74) is 0.607. The summed E-state index contributed by atoms with van der Waals surface area (Å²) in [5, 5.41) is 3.47. The van der Waals surface area contributed by atoms with E-state index in [1.165, 1.54) is 84.0 Å². The van der Waals surface area contributed by atoms with Crippen molar-refractivity contribution >= 4 is 0 Å². The van der Waals surface area contributed by atoms with E-state index in [0.29, 0.717) is 5.41 Å². The molecule has 1 heterocycles. The van der Waals surface area contributed by atoms with Crippen LogP contribution in [0.15, 0.2) is 0 Å². The Balaban J connectivity index is 1.57. The Kier molecular flexibility index (Phi) is 4.48. The number of hydrogen-bond acceptors (Lipinski definition) is 2. The minimum atomic E-state index is 0.607. The Hall–Kier alpha value is -0.0800. The Morgan fingerprint density at radius 3 is 2.47 bits per heavy atom. The molecule has 2 unspecified atom stereocenters. The third-order valence-corrected chi connectivity index (χ3v) is 6.15. The highest BCUT2D eigenvalue weighted by Gasteiger charge is 2.38. The molecule has 0 spiro atoms. The van der Waals surface area contributed by atoms with Crippen molar-refractivity contribution in [2.75, 3.05) is 33.2 Å². The second-order valence-electron chi connectivity index (χ2n) is 7.57. The van der Waals surface area contributed by atoms with Crippen molar-refractivity contribution in [3.8, 4) is 0 Å². The van der Waals surface area contributed by atoms with Crippen molar-refractivity contribution in [3.05, 3.63) is 0 Å². The molecule has 19 heavy (non-hydrogen) atoms. The number of hydrogen-bond donors (Lipinski definition) is 1. The maximum Gasteiger partial charge on any atom is 0.00503 e. The normalized spacial score (nSPS) is 35.2. The fourth-order valence-electron chi connectivity index (χ4n) is 5.18. The number of likely N-dealkylation sites (tertiary alicyclic amines) is 1. The van der Waals surface area contributed by atoms with Crippen LogP contribution < -0.4 is 5.32 Å². The third kappa shape index (κ3) is 3.16. The molecular formula is C17H32N2. The molecule has 3 fully saturated rings. The molecule has 2 aliphatic carbocycles. The van der Waals surface area contributed by atoms with Crippen LogP contribution in [0.5, 0.6) is 0 Å². The summed E-state index contributed by atoms with van der Waals surface area (Å²) < 4.78 is 0. The molecule has 1 aliphatic heterocycles. The molecule has 2 atom stereocenters. The summed E-state index contributed by atoms with van der Waals surface area (Å²) in [6.45, 7) is 5.40. The maximum absolute atomic E-state index is 3.47. The topological polar surface area (TPSA) is 15.3 Å². The highest BCUT2D eigenvalue weighted by atomic mass is 15.1. The van der Waals surface area contributed by atoms with E-state index in [9.17, 15) is 0 Å². The van der Waals surface area contributed by atoms with Crippen LogP contribution >= 0.6 is 0 Å². The molecule has 1 N–H and O–H groups in total. The largest absolute Gasteiger partial charge is 0.319 e. The van der Waals surface area contributed by atoms with E-state index < -0.39 is 0 Å². The number of rotatable bonds is 4. The van der Waals surface area contributed by atoms with Gasteiger partial charge in [-0.2, -0.15) is 0 Å². The lowest BCUT2D eigenvalue weighted by Crippen LogP contribution is -2.48. The smallest absolute Gasteiger partial charge is 0.00503 e. The SMILES string of the molecule is CNCC1(CN2CCC3CCCCC3C2)CCCC1. The molecule has 2 heteroatoms. The van der Waals surface area contributed by atoms with Gasteiger partial charge in [0.25, 0.3) is 0 Å².